The summed E-state index contributed by atoms with van der Waals surface area (Å²) in [4.78, 5) is 0. The molecule has 0 bridgehead atoms. The van der Waals surface area contributed by atoms with E-state index in [9.17, 15) is 0 Å². The lowest BCUT2D eigenvalue weighted by Crippen LogP contribution is -2.15. The lowest BCUT2D eigenvalue weighted by Gasteiger charge is -2.27. The molecule has 0 saturated heterocycles. The summed E-state index contributed by atoms with van der Waals surface area (Å²) >= 11 is 0. The highest BCUT2D eigenvalue weighted by molar-refractivity contribution is 5.06. The molecular formula is C11H20. The summed E-state index contributed by atoms with van der Waals surface area (Å²) < 4.78 is 0. The third-order valence-corrected chi connectivity index (χ3v) is 3.01. The van der Waals surface area contributed by atoms with Gasteiger partial charge < -0.3 is 0 Å². The van der Waals surface area contributed by atoms with E-state index in [1.54, 1.807) is 5.57 Å². The fourth-order valence-corrected chi connectivity index (χ4v) is 2.17. The fraction of sp³-hybridized carbons (Fsp3) is 0.818. The minimum absolute atomic E-state index is 0.883. The Kier molecular flexibility index (Phi) is 3.16. The molecule has 2 atom stereocenters. The molecule has 1 rings (SSSR count). The van der Waals surface area contributed by atoms with E-state index in [-0.39, 0.29) is 0 Å². The van der Waals surface area contributed by atoms with Crippen molar-refractivity contribution >= 4 is 0 Å². The molecule has 0 aromatic carbocycles. The van der Waals surface area contributed by atoms with E-state index in [0.29, 0.717) is 0 Å². The minimum Gasteiger partial charge on any atom is -0.0822 e. The molecular weight excluding hydrogens is 132 g/mol. The van der Waals surface area contributed by atoms with Crippen molar-refractivity contribution < 1.29 is 0 Å². The van der Waals surface area contributed by atoms with Crippen molar-refractivity contribution in [1.29, 1.82) is 0 Å². The Hall–Kier alpha value is -0.260. The van der Waals surface area contributed by atoms with Crippen LogP contribution in [0.4, 0.5) is 0 Å². The normalized spacial score (nSPS) is 31.7. The Labute approximate surface area is 70.7 Å². The van der Waals surface area contributed by atoms with Gasteiger partial charge in [-0.15, -0.1) is 0 Å². The Morgan fingerprint density at radius 2 is 2.09 bits per heavy atom. The molecule has 0 spiro atoms. The minimum atomic E-state index is 0.883. The molecule has 0 radical (unpaired) electrons. The van der Waals surface area contributed by atoms with Crippen LogP contribution in [0.15, 0.2) is 11.6 Å². The van der Waals surface area contributed by atoms with E-state index >= 15 is 0 Å². The van der Waals surface area contributed by atoms with Gasteiger partial charge in [0.05, 0.1) is 0 Å². The van der Waals surface area contributed by atoms with Gasteiger partial charge >= 0.3 is 0 Å². The second-order valence-corrected chi connectivity index (χ2v) is 3.79. The first-order valence-corrected chi connectivity index (χ1v) is 4.95. The Morgan fingerprint density at radius 3 is 2.64 bits per heavy atom. The summed E-state index contributed by atoms with van der Waals surface area (Å²) in [5, 5.41) is 0. The summed E-state index contributed by atoms with van der Waals surface area (Å²) in [7, 11) is 0. The standard InChI is InChI=1S/C11H20/c1-4-10-7-6-9(3)8-11(10)5-2/h8,10-11H,4-7H2,1-3H3. The third kappa shape index (κ3) is 2.08. The van der Waals surface area contributed by atoms with Crippen molar-refractivity contribution in [2.24, 2.45) is 11.8 Å². The second-order valence-electron chi connectivity index (χ2n) is 3.79. The molecule has 0 nitrogen and oxygen atoms in total. The first-order valence-electron chi connectivity index (χ1n) is 4.95. The second kappa shape index (κ2) is 3.94. The topological polar surface area (TPSA) is 0 Å². The van der Waals surface area contributed by atoms with Crippen LogP contribution in [0.2, 0.25) is 0 Å². The van der Waals surface area contributed by atoms with Crippen molar-refractivity contribution in [1.82, 2.24) is 0 Å². The predicted molar refractivity (Wildman–Crippen MR) is 50.6 cm³/mol. The van der Waals surface area contributed by atoms with Gasteiger partial charge in [0.15, 0.2) is 0 Å². The van der Waals surface area contributed by atoms with Crippen LogP contribution in [0.5, 0.6) is 0 Å². The van der Waals surface area contributed by atoms with E-state index in [2.05, 4.69) is 26.8 Å². The smallest absolute Gasteiger partial charge is 0.0205 e. The van der Waals surface area contributed by atoms with Crippen molar-refractivity contribution in [3.63, 3.8) is 0 Å². The zero-order chi connectivity index (χ0) is 8.27. The molecule has 1 aliphatic carbocycles. The van der Waals surface area contributed by atoms with Gasteiger partial charge in [0.1, 0.15) is 0 Å². The first-order chi connectivity index (χ1) is 5.27. The summed E-state index contributed by atoms with van der Waals surface area (Å²) in [5.74, 6) is 1.86. The van der Waals surface area contributed by atoms with Gasteiger partial charge in [0, 0.05) is 0 Å². The average molecular weight is 152 g/mol. The van der Waals surface area contributed by atoms with E-state index in [1.165, 1.54) is 25.7 Å². The highest BCUT2D eigenvalue weighted by atomic mass is 14.2. The molecule has 0 heterocycles. The van der Waals surface area contributed by atoms with Gasteiger partial charge in [-0.05, 0) is 38.0 Å². The van der Waals surface area contributed by atoms with E-state index in [4.69, 9.17) is 0 Å². The maximum absolute atomic E-state index is 2.50. The van der Waals surface area contributed by atoms with E-state index in [0.717, 1.165) is 11.8 Å². The molecule has 0 aliphatic heterocycles. The quantitative estimate of drug-likeness (QED) is 0.528. The molecule has 0 heteroatoms. The molecule has 0 aromatic heterocycles. The fourth-order valence-electron chi connectivity index (χ4n) is 2.17. The van der Waals surface area contributed by atoms with Crippen LogP contribution in [0.3, 0.4) is 0 Å². The molecule has 64 valence electrons. The van der Waals surface area contributed by atoms with Crippen LogP contribution in [0.1, 0.15) is 46.5 Å². The van der Waals surface area contributed by atoms with Gasteiger partial charge in [-0.1, -0.05) is 31.9 Å². The third-order valence-electron chi connectivity index (χ3n) is 3.01. The van der Waals surface area contributed by atoms with Crippen molar-refractivity contribution in [3.05, 3.63) is 11.6 Å². The lowest BCUT2D eigenvalue weighted by molar-refractivity contribution is 0.331. The van der Waals surface area contributed by atoms with Crippen molar-refractivity contribution in [2.75, 3.05) is 0 Å². The molecule has 0 fully saturated rings. The van der Waals surface area contributed by atoms with Crippen molar-refractivity contribution in [2.45, 2.75) is 46.5 Å². The number of hydrogen-bond acceptors (Lipinski definition) is 0. The van der Waals surface area contributed by atoms with Gasteiger partial charge in [-0.25, -0.2) is 0 Å². The van der Waals surface area contributed by atoms with Crippen LogP contribution >= 0.6 is 0 Å². The average Bonchev–Trinajstić information content (AvgIpc) is 2.04. The number of hydrogen-bond donors (Lipinski definition) is 0. The van der Waals surface area contributed by atoms with Gasteiger partial charge in [0.2, 0.25) is 0 Å². The van der Waals surface area contributed by atoms with Crippen LogP contribution in [0.25, 0.3) is 0 Å². The highest BCUT2D eigenvalue weighted by Crippen LogP contribution is 2.32. The predicted octanol–water partition coefficient (Wildman–Crippen LogP) is 3.78. The van der Waals surface area contributed by atoms with Gasteiger partial charge in [-0.2, -0.15) is 0 Å². The first kappa shape index (κ1) is 8.83. The van der Waals surface area contributed by atoms with Crippen LogP contribution in [-0.2, 0) is 0 Å². The lowest BCUT2D eigenvalue weighted by atomic mass is 9.78. The van der Waals surface area contributed by atoms with E-state index < -0.39 is 0 Å². The molecule has 0 amide bonds. The maximum atomic E-state index is 2.50. The molecule has 0 N–H and O–H groups in total. The largest absolute Gasteiger partial charge is 0.0822 e. The Balaban J connectivity index is 2.59. The highest BCUT2D eigenvalue weighted by Gasteiger charge is 2.19. The van der Waals surface area contributed by atoms with Gasteiger partial charge in [-0.3, -0.25) is 0 Å². The van der Waals surface area contributed by atoms with E-state index in [1.807, 2.05) is 0 Å². The zero-order valence-corrected chi connectivity index (χ0v) is 8.06. The summed E-state index contributed by atoms with van der Waals surface area (Å²) in [5.41, 5.74) is 1.61. The van der Waals surface area contributed by atoms with Gasteiger partial charge in [0.25, 0.3) is 0 Å². The van der Waals surface area contributed by atoms with Crippen LogP contribution in [-0.4, -0.2) is 0 Å². The zero-order valence-electron chi connectivity index (χ0n) is 8.06. The maximum Gasteiger partial charge on any atom is -0.0205 e. The molecule has 0 saturated carbocycles. The number of rotatable bonds is 2. The van der Waals surface area contributed by atoms with Crippen LogP contribution in [0, 0.1) is 11.8 Å². The Bertz CT molecular complexity index is 144. The molecule has 1 aliphatic rings. The molecule has 11 heavy (non-hydrogen) atoms. The molecule has 2 unspecified atom stereocenters. The summed E-state index contributed by atoms with van der Waals surface area (Å²) in [6.07, 6.45) is 7.96. The Morgan fingerprint density at radius 1 is 1.36 bits per heavy atom. The molecule has 0 aromatic rings. The van der Waals surface area contributed by atoms with Crippen LogP contribution < -0.4 is 0 Å². The summed E-state index contributed by atoms with van der Waals surface area (Å²) in [6.45, 7) is 6.90. The van der Waals surface area contributed by atoms with Crippen molar-refractivity contribution in [3.8, 4) is 0 Å². The summed E-state index contributed by atoms with van der Waals surface area (Å²) in [6, 6.07) is 0. The monoisotopic (exact) mass is 152 g/mol. The SMILES string of the molecule is CCC1C=C(C)CCC1CC. The number of allylic oxidation sites excluding steroid dienone is 2.